The van der Waals surface area contributed by atoms with Gasteiger partial charge in [-0.3, -0.25) is 4.79 Å². The molecule has 0 bridgehead atoms. The van der Waals surface area contributed by atoms with E-state index in [0.717, 1.165) is 30.9 Å². The van der Waals surface area contributed by atoms with Gasteiger partial charge in [0, 0.05) is 24.9 Å². The van der Waals surface area contributed by atoms with Gasteiger partial charge in [-0.05, 0) is 44.3 Å². The Morgan fingerprint density at radius 3 is 2.65 bits per heavy atom. The maximum absolute atomic E-state index is 12.1. The fourth-order valence-electron chi connectivity index (χ4n) is 4.21. The second-order valence-corrected chi connectivity index (χ2v) is 8.27. The van der Waals surface area contributed by atoms with Gasteiger partial charge >= 0.3 is 5.97 Å². The van der Waals surface area contributed by atoms with E-state index in [2.05, 4.69) is 43.0 Å². The molecule has 2 aliphatic heterocycles. The number of aryl methyl sites for hydroxylation is 1. The average Bonchev–Trinajstić information content (AvgIpc) is 3.04. The first-order chi connectivity index (χ1) is 12.4. The number of piperidine rings is 1. The van der Waals surface area contributed by atoms with Gasteiger partial charge in [0.1, 0.15) is 6.10 Å². The SMILES string of the molecule is Cc1ccccc1C1=NO[C@@H](CC2(C(=O)O)CCN(CC(C)C)CC2)C1. The van der Waals surface area contributed by atoms with Crippen molar-refractivity contribution in [3.05, 3.63) is 35.4 Å². The Bertz CT molecular complexity index is 676. The quantitative estimate of drug-likeness (QED) is 0.842. The number of hydrogen-bond donors (Lipinski definition) is 1. The van der Waals surface area contributed by atoms with Crippen LogP contribution in [0.25, 0.3) is 0 Å². The molecule has 1 N–H and O–H groups in total. The Balaban J connectivity index is 1.62. The van der Waals surface area contributed by atoms with Crippen molar-refractivity contribution in [2.45, 2.75) is 52.6 Å². The third-order valence-electron chi connectivity index (χ3n) is 5.70. The van der Waals surface area contributed by atoms with Crippen molar-refractivity contribution in [1.82, 2.24) is 4.90 Å². The summed E-state index contributed by atoms with van der Waals surface area (Å²) >= 11 is 0. The topological polar surface area (TPSA) is 62.1 Å². The second-order valence-electron chi connectivity index (χ2n) is 8.27. The minimum absolute atomic E-state index is 0.141. The van der Waals surface area contributed by atoms with Crippen LogP contribution >= 0.6 is 0 Å². The summed E-state index contributed by atoms with van der Waals surface area (Å²) in [5, 5.41) is 14.2. The molecule has 0 aliphatic carbocycles. The number of benzene rings is 1. The summed E-state index contributed by atoms with van der Waals surface area (Å²) in [6.07, 6.45) is 2.47. The lowest BCUT2D eigenvalue weighted by Gasteiger charge is -2.40. The molecule has 1 atom stereocenters. The van der Waals surface area contributed by atoms with Crippen LogP contribution < -0.4 is 0 Å². The number of oxime groups is 1. The molecule has 3 rings (SSSR count). The zero-order chi connectivity index (χ0) is 18.7. The monoisotopic (exact) mass is 358 g/mol. The van der Waals surface area contributed by atoms with Crippen LogP contribution in [0.15, 0.2) is 29.4 Å². The molecule has 2 aliphatic rings. The molecule has 0 amide bonds. The van der Waals surface area contributed by atoms with Gasteiger partial charge in [0.25, 0.3) is 0 Å². The number of carboxylic acids is 1. The van der Waals surface area contributed by atoms with Gasteiger partial charge in [-0.25, -0.2) is 0 Å². The summed E-state index contributed by atoms with van der Waals surface area (Å²) in [7, 11) is 0. The van der Waals surface area contributed by atoms with Crippen molar-refractivity contribution in [1.29, 1.82) is 0 Å². The van der Waals surface area contributed by atoms with E-state index in [4.69, 9.17) is 4.84 Å². The summed E-state index contributed by atoms with van der Waals surface area (Å²) in [6, 6.07) is 8.13. The molecular weight excluding hydrogens is 328 g/mol. The van der Waals surface area contributed by atoms with Gasteiger partial charge in [-0.1, -0.05) is 43.3 Å². The molecule has 0 aromatic heterocycles. The van der Waals surface area contributed by atoms with Gasteiger partial charge in [0.05, 0.1) is 11.1 Å². The van der Waals surface area contributed by atoms with Gasteiger partial charge in [-0.15, -0.1) is 0 Å². The van der Waals surface area contributed by atoms with E-state index < -0.39 is 11.4 Å². The highest BCUT2D eigenvalue weighted by Gasteiger charge is 2.44. The molecule has 5 heteroatoms. The average molecular weight is 358 g/mol. The Labute approximate surface area is 156 Å². The summed E-state index contributed by atoms with van der Waals surface area (Å²) in [4.78, 5) is 20.1. The van der Waals surface area contributed by atoms with Gasteiger partial charge in [0.2, 0.25) is 0 Å². The lowest BCUT2D eigenvalue weighted by molar-refractivity contribution is -0.155. The molecule has 0 radical (unpaired) electrons. The van der Waals surface area contributed by atoms with Crippen LogP contribution in [-0.4, -0.2) is 47.4 Å². The van der Waals surface area contributed by atoms with Crippen molar-refractivity contribution in [3.8, 4) is 0 Å². The molecular formula is C21H30N2O3. The molecule has 5 nitrogen and oxygen atoms in total. The summed E-state index contributed by atoms with van der Waals surface area (Å²) in [5.41, 5.74) is 2.52. The van der Waals surface area contributed by atoms with E-state index in [1.807, 2.05) is 12.1 Å². The maximum Gasteiger partial charge on any atom is 0.309 e. The normalized spacial score (nSPS) is 22.9. The minimum Gasteiger partial charge on any atom is -0.481 e. The number of aliphatic carboxylic acids is 1. The first kappa shape index (κ1) is 18.9. The molecule has 1 saturated heterocycles. The first-order valence-corrected chi connectivity index (χ1v) is 9.64. The van der Waals surface area contributed by atoms with Crippen LogP contribution in [0.4, 0.5) is 0 Å². The molecule has 2 heterocycles. The highest BCUT2D eigenvalue weighted by Crippen LogP contribution is 2.39. The summed E-state index contributed by atoms with van der Waals surface area (Å²) in [6.45, 7) is 9.21. The lowest BCUT2D eigenvalue weighted by Crippen LogP contribution is -2.46. The predicted molar refractivity (Wildman–Crippen MR) is 102 cm³/mol. The highest BCUT2D eigenvalue weighted by molar-refractivity contribution is 6.02. The Hall–Kier alpha value is -1.88. The van der Waals surface area contributed by atoms with E-state index in [9.17, 15) is 9.90 Å². The van der Waals surface area contributed by atoms with E-state index in [0.29, 0.717) is 31.6 Å². The number of carboxylic acid groups (broad SMARTS) is 1. The smallest absolute Gasteiger partial charge is 0.309 e. The standard InChI is InChI=1S/C21H30N2O3/c1-15(2)14-23-10-8-21(9-11-23,20(24)25)13-17-12-19(22-26-17)18-7-5-4-6-16(18)3/h4-7,15,17H,8-14H2,1-3H3,(H,24,25)/t17-/m1/s1. The predicted octanol–water partition coefficient (Wildman–Crippen LogP) is 3.70. The number of rotatable bonds is 6. The zero-order valence-electron chi connectivity index (χ0n) is 16.1. The van der Waals surface area contributed by atoms with Crippen LogP contribution in [0.3, 0.4) is 0 Å². The van der Waals surface area contributed by atoms with Gasteiger partial charge < -0.3 is 14.8 Å². The Morgan fingerprint density at radius 1 is 1.35 bits per heavy atom. The number of likely N-dealkylation sites (tertiary alicyclic amines) is 1. The van der Waals surface area contributed by atoms with Crippen molar-refractivity contribution in [2.75, 3.05) is 19.6 Å². The van der Waals surface area contributed by atoms with Gasteiger partial charge in [-0.2, -0.15) is 0 Å². The van der Waals surface area contributed by atoms with Crippen molar-refractivity contribution < 1.29 is 14.7 Å². The lowest BCUT2D eigenvalue weighted by atomic mass is 9.73. The summed E-state index contributed by atoms with van der Waals surface area (Å²) < 4.78 is 0. The van der Waals surface area contributed by atoms with Crippen molar-refractivity contribution >= 4 is 11.7 Å². The Morgan fingerprint density at radius 2 is 2.04 bits per heavy atom. The van der Waals surface area contributed by atoms with E-state index >= 15 is 0 Å². The minimum atomic E-state index is -0.686. The zero-order valence-corrected chi connectivity index (χ0v) is 16.1. The van der Waals surface area contributed by atoms with E-state index in [-0.39, 0.29) is 6.10 Å². The van der Waals surface area contributed by atoms with Crippen molar-refractivity contribution in [2.24, 2.45) is 16.5 Å². The molecule has 1 aromatic rings. The second kappa shape index (κ2) is 7.78. The largest absolute Gasteiger partial charge is 0.481 e. The fraction of sp³-hybridized carbons (Fsp3) is 0.619. The molecule has 1 aromatic carbocycles. The van der Waals surface area contributed by atoms with Crippen LogP contribution in [0.1, 0.15) is 50.7 Å². The summed E-state index contributed by atoms with van der Waals surface area (Å²) in [5.74, 6) is -0.0785. The molecule has 142 valence electrons. The van der Waals surface area contributed by atoms with Crippen LogP contribution in [-0.2, 0) is 9.63 Å². The van der Waals surface area contributed by atoms with Crippen molar-refractivity contribution in [3.63, 3.8) is 0 Å². The van der Waals surface area contributed by atoms with Gasteiger partial charge in [0.15, 0.2) is 0 Å². The number of nitrogens with zero attached hydrogens (tertiary/aromatic N) is 2. The third-order valence-corrected chi connectivity index (χ3v) is 5.70. The van der Waals surface area contributed by atoms with E-state index in [1.54, 1.807) is 0 Å². The van der Waals surface area contributed by atoms with Crippen LogP contribution in [0, 0.1) is 18.3 Å². The van der Waals surface area contributed by atoms with E-state index in [1.165, 1.54) is 5.56 Å². The molecule has 1 fully saturated rings. The fourth-order valence-corrected chi connectivity index (χ4v) is 4.21. The van der Waals surface area contributed by atoms with Crippen LogP contribution in [0.2, 0.25) is 0 Å². The molecule has 0 spiro atoms. The third kappa shape index (κ3) is 4.09. The molecule has 0 saturated carbocycles. The number of hydrogen-bond acceptors (Lipinski definition) is 4. The highest BCUT2D eigenvalue weighted by atomic mass is 16.6. The first-order valence-electron chi connectivity index (χ1n) is 9.64. The molecule has 0 unspecified atom stereocenters. The van der Waals surface area contributed by atoms with Crippen LogP contribution in [0.5, 0.6) is 0 Å². The number of carbonyl (C=O) groups is 1. The molecule has 26 heavy (non-hydrogen) atoms. The Kier molecular flexibility index (Phi) is 5.66. The maximum atomic E-state index is 12.1.